The molecule has 0 aliphatic heterocycles. The van der Waals surface area contributed by atoms with E-state index in [1.807, 2.05) is 0 Å². The highest BCUT2D eigenvalue weighted by atomic mass is 35.5. The first kappa shape index (κ1) is 18.1. The maximum absolute atomic E-state index is 12.7. The molecule has 0 saturated heterocycles. The number of nitrogens with zero attached hydrogens (tertiary/aromatic N) is 3. The van der Waals surface area contributed by atoms with E-state index in [1.54, 1.807) is 24.3 Å². The van der Waals surface area contributed by atoms with E-state index in [2.05, 4.69) is 20.2 Å². The van der Waals surface area contributed by atoms with Crippen molar-refractivity contribution in [1.82, 2.24) is 20.2 Å². The van der Waals surface area contributed by atoms with Crippen molar-refractivity contribution in [3.63, 3.8) is 0 Å². The summed E-state index contributed by atoms with van der Waals surface area (Å²) < 4.78 is 43.7. The molecule has 0 fully saturated rings. The highest BCUT2D eigenvalue weighted by Gasteiger charge is 2.31. The minimum atomic E-state index is -4.47. The van der Waals surface area contributed by atoms with Crippen molar-refractivity contribution in [3.8, 4) is 22.8 Å². The smallest absolute Gasteiger partial charge is 0.416 e. The van der Waals surface area contributed by atoms with Gasteiger partial charge in [-0.05, 0) is 42.5 Å². The summed E-state index contributed by atoms with van der Waals surface area (Å²) in [4.78, 5) is 8.00. The number of nitrogens with two attached hydrogens (primary N) is 1. The maximum atomic E-state index is 12.7. The summed E-state index contributed by atoms with van der Waals surface area (Å²) in [5.41, 5.74) is 6.91. The van der Waals surface area contributed by atoms with E-state index in [4.69, 9.17) is 22.1 Å². The molecule has 4 aromatic rings. The van der Waals surface area contributed by atoms with Crippen LogP contribution in [0.2, 0.25) is 5.02 Å². The van der Waals surface area contributed by atoms with Crippen molar-refractivity contribution in [1.29, 1.82) is 0 Å². The van der Waals surface area contributed by atoms with Crippen molar-refractivity contribution in [2.75, 3.05) is 5.73 Å². The number of hydrogen-bond acceptors (Lipinski definition) is 5. The molecule has 4 rings (SSSR count). The van der Waals surface area contributed by atoms with Gasteiger partial charge in [0.1, 0.15) is 23.6 Å². The minimum absolute atomic E-state index is 0.118. The van der Waals surface area contributed by atoms with Gasteiger partial charge < -0.3 is 10.5 Å². The number of fused-ring (bicyclic) bond motifs is 1. The van der Waals surface area contributed by atoms with Gasteiger partial charge in [-0.1, -0.05) is 11.6 Å². The third-order valence-electron chi connectivity index (χ3n) is 4.01. The van der Waals surface area contributed by atoms with Gasteiger partial charge in [0.25, 0.3) is 0 Å². The van der Waals surface area contributed by atoms with Crippen molar-refractivity contribution in [3.05, 3.63) is 59.4 Å². The second-order valence-corrected chi connectivity index (χ2v) is 6.23. The zero-order valence-corrected chi connectivity index (χ0v) is 14.7. The van der Waals surface area contributed by atoms with E-state index in [9.17, 15) is 13.2 Å². The van der Waals surface area contributed by atoms with Gasteiger partial charge >= 0.3 is 6.18 Å². The number of H-pyrrole nitrogens is 1. The lowest BCUT2D eigenvalue weighted by Crippen LogP contribution is -2.04. The van der Waals surface area contributed by atoms with Crippen LogP contribution in [-0.4, -0.2) is 20.2 Å². The molecule has 0 saturated carbocycles. The third-order valence-corrected chi connectivity index (χ3v) is 4.31. The first-order chi connectivity index (χ1) is 13.3. The van der Waals surface area contributed by atoms with Crippen LogP contribution in [-0.2, 0) is 6.18 Å². The van der Waals surface area contributed by atoms with Crippen LogP contribution >= 0.6 is 11.6 Å². The van der Waals surface area contributed by atoms with Gasteiger partial charge in [-0.15, -0.1) is 0 Å². The summed E-state index contributed by atoms with van der Waals surface area (Å²) in [6.07, 6.45) is -3.14. The molecule has 0 amide bonds. The molecule has 3 N–H and O–H groups in total. The van der Waals surface area contributed by atoms with Gasteiger partial charge in [-0.3, -0.25) is 5.10 Å². The highest BCUT2D eigenvalue weighted by molar-refractivity contribution is 6.32. The predicted molar refractivity (Wildman–Crippen MR) is 98.1 cm³/mol. The molecule has 0 unspecified atom stereocenters. The molecule has 0 aliphatic carbocycles. The Morgan fingerprint density at radius 3 is 2.46 bits per heavy atom. The van der Waals surface area contributed by atoms with Gasteiger partial charge in [0.2, 0.25) is 0 Å². The zero-order valence-electron chi connectivity index (χ0n) is 14.0. The Morgan fingerprint density at radius 1 is 1.04 bits per heavy atom. The number of benzene rings is 2. The van der Waals surface area contributed by atoms with Gasteiger partial charge in [0, 0.05) is 5.56 Å². The van der Waals surface area contributed by atoms with E-state index >= 15 is 0 Å². The minimum Gasteiger partial charge on any atom is -0.456 e. The summed E-state index contributed by atoms with van der Waals surface area (Å²) in [5, 5.41) is 7.42. The number of nitrogen functional groups attached to an aromatic ring is 1. The Hall–Kier alpha value is -3.33. The molecule has 142 valence electrons. The fourth-order valence-corrected chi connectivity index (χ4v) is 2.88. The largest absolute Gasteiger partial charge is 0.456 e. The van der Waals surface area contributed by atoms with E-state index in [1.165, 1.54) is 12.4 Å². The van der Waals surface area contributed by atoms with Gasteiger partial charge in [0.15, 0.2) is 5.65 Å². The first-order valence-corrected chi connectivity index (χ1v) is 8.30. The van der Waals surface area contributed by atoms with Crippen LogP contribution in [0.4, 0.5) is 19.0 Å². The normalized spacial score (nSPS) is 11.7. The number of nitrogens with one attached hydrogen (secondary N) is 1. The molecular weight excluding hydrogens is 395 g/mol. The topological polar surface area (TPSA) is 89.7 Å². The number of aromatic amines is 1. The van der Waals surface area contributed by atoms with Crippen LogP contribution in [0.15, 0.2) is 48.8 Å². The highest BCUT2D eigenvalue weighted by Crippen LogP contribution is 2.37. The number of aromatic nitrogens is 4. The lowest BCUT2D eigenvalue weighted by molar-refractivity contribution is -0.137. The number of hydrogen-bond donors (Lipinski definition) is 2. The second kappa shape index (κ2) is 6.68. The number of anilines is 1. The second-order valence-electron chi connectivity index (χ2n) is 5.83. The third kappa shape index (κ3) is 3.31. The average molecular weight is 406 g/mol. The summed E-state index contributed by atoms with van der Waals surface area (Å²) in [7, 11) is 0. The van der Waals surface area contributed by atoms with Gasteiger partial charge in [-0.25, -0.2) is 9.97 Å². The lowest BCUT2D eigenvalue weighted by Gasteiger charge is -2.11. The van der Waals surface area contributed by atoms with Crippen molar-refractivity contribution >= 4 is 28.5 Å². The van der Waals surface area contributed by atoms with E-state index < -0.39 is 11.7 Å². The summed E-state index contributed by atoms with van der Waals surface area (Å²) in [6.45, 7) is 0. The fourth-order valence-electron chi connectivity index (χ4n) is 2.66. The quantitative estimate of drug-likeness (QED) is 0.497. The van der Waals surface area contributed by atoms with Crippen LogP contribution in [0.5, 0.6) is 11.5 Å². The van der Waals surface area contributed by atoms with Crippen LogP contribution in [0.1, 0.15) is 5.56 Å². The van der Waals surface area contributed by atoms with Gasteiger partial charge in [-0.2, -0.15) is 18.3 Å². The molecule has 2 aromatic carbocycles. The molecule has 2 heterocycles. The van der Waals surface area contributed by atoms with E-state index in [0.717, 1.165) is 17.7 Å². The van der Waals surface area contributed by atoms with Crippen molar-refractivity contribution in [2.24, 2.45) is 0 Å². The molecular formula is C18H11ClF3N5O. The van der Waals surface area contributed by atoms with Crippen molar-refractivity contribution < 1.29 is 17.9 Å². The molecule has 0 spiro atoms. The lowest BCUT2D eigenvalue weighted by atomic mass is 10.1. The monoisotopic (exact) mass is 405 g/mol. The number of halogens is 4. The Balaban J connectivity index is 1.60. The van der Waals surface area contributed by atoms with Crippen LogP contribution in [0.3, 0.4) is 0 Å². The summed E-state index contributed by atoms with van der Waals surface area (Å²) in [5.74, 6) is 0.816. The Labute approximate surface area is 161 Å². The summed E-state index contributed by atoms with van der Waals surface area (Å²) in [6, 6.07) is 9.70. The molecule has 0 radical (unpaired) electrons. The summed E-state index contributed by atoms with van der Waals surface area (Å²) >= 11 is 5.91. The standard InChI is InChI=1S/C18H11ClF3N5O/c19-12-7-10(18(20,21)22)3-6-13(12)28-11-4-1-9(2-5-11)15-14-16(23)24-8-25-17(14)27-26-15/h1-8H,(H3,23,24,25,26,27). The Kier molecular flexibility index (Phi) is 4.31. The number of alkyl halides is 3. The molecule has 28 heavy (non-hydrogen) atoms. The number of rotatable bonds is 3. The molecule has 0 atom stereocenters. The van der Waals surface area contributed by atoms with E-state index in [0.29, 0.717) is 28.3 Å². The van der Waals surface area contributed by atoms with Crippen LogP contribution < -0.4 is 10.5 Å². The Bertz CT molecular complexity index is 1160. The average Bonchev–Trinajstić information content (AvgIpc) is 3.09. The maximum Gasteiger partial charge on any atom is 0.416 e. The predicted octanol–water partition coefficient (Wildman–Crippen LogP) is 5.07. The van der Waals surface area contributed by atoms with E-state index in [-0.39, 0.29) is 10.8 Å². The SMILES string of the molecule is Nc1ncnc2n[nH]c(-c3ccc(Oc4ccc(C(F)(F)F)cc4Cl)cc3)c12. The zero-order chi connectivity index (χ0) is 19.9. The molecule has 0 bridgehead atoms. The van der Waals surface area contributed by atoms with Gasteiger partial charge in [0.05, 0.1) is 21.7 Å². The van der Waals surface area contributed by atoms with Crippen LogP contribution in [0, 0.1) is 0 Å². The molecule has 0 aliphatic rings. The van der Waals surface area contributed by atoms with Crippen LogP contribution in [0.25, 0.3) is 22.3 Å². The molecule has 10 heteroatoms. The van der Waals surface area contributed by atoms with Crippen molar-refractivity contribution in [2.45, 2.75) is 6.18 Å². The molecule has 2 aromatic heterocycles. The Morgan fingerprint density at radius 2 is 1.79 bits per heavy atom. The first-order valence-electron chi connectivity index (χ1n) is 7.92. The molecule has 6 nitrogen and oxygen atoms in total. The fraction of sp³-hybridized carbons (Fsp3) is 0.0556. The number of ether oxygens (including phenoxy) is 1.